The lowest BCUT2D eigenvalue weighted by Crippen LogP contribution is -2.32. The van der Waals surface area contributed by atoms with Gasteiger partial charge in [-0.2, -0.15) is 8.78 Å². The Morgan fingerprint density at radius 2 is 1.85 bits per heavy atom. The van der Waals surface area contributed by atoms with E-state index in [2.05, 4.69) is 5.32 Å². The van der Waals surface area contributed by atoms with Crippen molar-refractivity contribution in [3.8, 4) is 0 Å². The zero-order chi connectivity index (χ0) is 20.0. The molecular weight excluding hydrogens is 398 g/mol. The molecule has 5 nitrogen and oxygen atoms in total. The molecule has 0 aliphatic carbocycles. The number of alkyl halides is 2. The minimum absolute atomic E-state index is 0.111. The van der Waals surface area contributed by atoms with Crippen LogP contribution in [0.4, 0.5) is 14.5 Å². The summed E-state index contributed by atoms with van der Waals surface area (Å²) in [5.41, 5.74) is 1.30. The van der Waals surface area contributed by atoms with Crippen LogP contribution in [0.5, 0.6) is 0 Å². The number of sulfone groups is 1. The molecule has 2 rings (SSSR count). The number of carbonyl (C=O) groups excluding carboxylic acids is 1. The second-order valence-corrected chi connectivity index (χ2v) is 8.17. The fourth-order valence-corrected chi connectivity index (χ4v) is 3.34. The average Bonchev–Trinajstić information content (AvgIpc) is 2.61. The van der Waals surface area contributed by atoms with E-state index in [4.69, 9.17) is 11.6 Å². The van der Waals surface area contributed by atoms with Crippen LogP contribution in [0, 0.1) is 0 Å². The number of nitrogens with one attached hydrogen (secondary N) is 1. The van der Waals surface area contributed by atoms with E-state index < -0.39 is 20.5 Å². The first kappa shape index (κ1) is 21.3. The van der Waals surface area contributed by atoms with Crippen LogP contribution in [0.25, 0.3) is 0 Å². The van der Waals surface area contributed by atoms with E-state index in [1.165, 1.54) is 12.1 Å². The number of hydrogen-bond acceptors (Lipinski definition) is 4. The lowest BCUT2D eigenvalue weighted by atomic mass is 10.2. The molecule has 0 aliphatic rings. The molecule has 0 fully saturated rings. The molecule has 0 saturated carbocycles. The van der Waals surface area contributed by atoms with Crippen molar-refractivity contribution in [2.75, 3.05) is 18.4 Å². The standard InChI is InChI=1S/C18H19ClF2N2O3S/c1-2-23(11-13-4-3-5-14(19)10-13)12-17(24)22-15-6-8-16(9-7-15)27(25,26)18(20)21/h3-10,18H,2,11-12H2,1H3,(H,22,24). The largest absolute Gasteiger partial charge is 0.341 e. The van der Waals surface area contributed by atoms with Crippen molar-refractivity contribution in [2.24, 2.45) is 0 Å². The molecule has 0 spiro atoms. The summed E-state index contributed by atoms with van der Waals surface area (Å²) in [5.74, 6) is -3.79. The van der Waals surface area contributed by atoms with Gasteiger partial charge in [-0.05, 0) is 48.5 Å². The molecule has 0 aromatic heterocycles. The van der Waals surface area contributed by atoms with Crippen molar-refractivity contribution in [3.63, 3.8) is 0 Å². The SMILES string of the molecule is CCN(CC(=O)Nc1ccc(S(=O)(=O)C(F)F)cc1)Cc1cccc(Cl)c1. The summed E-state index contributed by atoms with van der Waals surface area (Å²) < 4.78 is 47.8. The van der Waals surface area contributed by atoms with Gasteiger partial charge in [0.2, 0.25) is 15.7 Å². The number of hydrogen-bond donors (Lipinski definition) is 1. The molecule has 0 heterocycles. The Balaban J connectivity index is 1.97. The Morgan fingerprint density at radius 3 is 2.41 bits per heavy atom. The molecule has 0 aliphatic heterocycles. The van der Waals surface area contributed by atoms with E-state index in [1.807, 2.05) is 30.0 Å². The van der Waals surface area contributed by atoms with Gasteiger partial charge in [0.15, 0.2) is 0 Å². The summed E-state index contributed by atoms with van der Waals surface area (Å²) in [4.78, 5) is 13.6. The highest BCUT2D eigenvalue weighted by molar-refractivity contribution is 7.91. The first-order valence-electron chi connectivity index (χ1n) is 8.11. The third-order valence-corrected chi connectivity index (χ3v) is 5.44. The molecule has 0 unspecified atom stereocenters. The maximum Gasteiger partial charge on any atom is 0.341 e. The zero-order valence-electron chi connectivity index (χ0n) is 14.5. The summed E-state index contributed by atoms with van der Waals surface area (Å²) in [7, 11) is -4.65. The van der Waals surface area contributed by atoms with Crippen LogP contribution in [-0.4, -0.2) is 38.1 Å². The van der Waals surface area contributed by atoms with E-state index in [0.717, 1.165) is 17.7 Å². The quantitative estimate of drug-likeness (QED) is 0.710. The third kappa shape index (κ3) is 5.98. The lowest BCUT2D eigenvalue weighted by molar-refractivity contribution is -0.117. The van der Waals surface area contributed by atoms with Crippen LogP contribution in [0.15, 0.2) is 53.4 Å². The Bertz CT molecular complexity index is 890. The van der Waals surface area contributed by atoms with E-state index in [-0.39, 0.29) is 12.5 Å². The van der Waals surface area contributed by atoms with Gasteiger partial charge in [0.25, 0.3) is 0 Å². The van der Waals surface area contributed by atoms with Crippen LogP contribution >= 0.6 is 11.6 Å². The van der Waals surface area contributed by atoms with Crippen LogP contribution < -0.4 is 5.32 Å². The number of amides is 1. The van der Waals surface area contributed by atoms with Crippen molar-refractivity contribution >= 4 is 33.0 Å². The first-order valence-corrected chi connectivity index (χ1v) is 10.0. The van der Waals surface area contributed by atoms with Gasteiger partial charge in [-0.15, -0.1) is 0 Å². The molecular formula is C18H19ClF2N2O3S. The topological polar surface area (TPSA) is 66.5 Å². The van der Waals surface area contributed by atoms with E-state index in [0.29, 0.717) is 23.8 Å². The van der Waals surface area contributed by atoms with E-state index in [9.17, 15) is 22.0 Å². The van der Waals surface area contributed by atoms with E-state index in [1.54, 1.807) is 6.07 Å². The van der Waals surface area contributed by atoms with Crippen molar-refractivity contribution in [1.29, 1.82) is 0 Å². The number of benzene rings is 2. The number of halogens is 3. The second-order valence-electron chi connectivity index (χ2n) is 5.81. The molecule has 146 valence electrons. The number of carbonyl (C=O) groups is 1. The van der Waals surface area contributed by atoms with Crippen LogP contribution in [-0.2, 0) is 21.2 Å². The van der Waals surface area contributed by atoms with Gasteiger partial charge < -0.3 is 5.32 Å². The summed E-state index contributed by atoms with van der Waals surface area (Å²) in [6.45, 7) is 3.20. The van der Waals surface area contributed by atoms with Gasteiger partial charge >= 0.3 is 5.76 Å². The third-order valence-electron chi connectivity index (χ3n) is 3.81. The normalized spacial score (nSPS) is 11.8. The first-order chi connectivity index (χ1) is 12.7. The van der Waals surface area contributed by atoms with Gasteiger partial charge in [0, 0.05) is 17.3 Å². The van der Waals surface area contributed by atoms with Gasteiger partial charge in [0.05, 0.1) is 11.4 Å². The molecule has 1 N–H and O–H groups in total. The average molecular weight is 417 g/mol. The summed E-state index contributed by atoms with van der Waals surface area (Å²) in [6, 6.07) is 12.0. The highest BCUT2D eigenvalue weighted by Gasteiger charge is 2.26. The van der Waals surface area contributed by atoms with E-state index >= 15 is 0 Å². The maximum absolute atomic E-state index is 12.5. The minimum Gasteiger partial charge on any atom is -0.325 e. The van der Waals surface area contributed by atoms with Gasteiger partial charge in [-0.25, -0.2) is 8.42 Å². The van der Waals surface area contributed by atoms with Crippen molar-refractivity contribution in [1.82, 2.24) is 4.90 Å². The Hall–Kier alpha value is -2.03. The van der Waals surface area contributed by atoms with Crippen molar-refractivity contribution in [2.45, 2.75) is 24.1 Å². The summed E-state index contributed by atoms with van der Waals surface area (Å²) in [5, 5.41) is 3.24. The molecule has 0 radical (unpaired) electrons. The molecule has 2 aromatic rings. The molecule has 0 bridgehead atoms. The molecule has 0 atom stereocenters. The monoisotopic (exact) mass is 416 g/mol. The van der Waals surface area contributed by atoms with Crippen LogP contribution in [0.3, 0.4) is 0 Å². The number of rotatable bonds is 8. The molecule has 0 saturated heterocycles. The number of anilines is 1. The second kappa shape index (κ2) is 9.25. The van der Waals surface area contributed by atoms with Gasteiger partial charge in [-0.1, -0.05) is 30.7 Å². The summed E-state index contributed by atoms with van der Waals surface area (Å²) in [6.07, 6.45) is 0. The number of nitrogens with zero attached hydrogens (tertiary/aromatic N) is 1. The predicted octanol–water partition coefficient (Wildman–Crippen LogP) is 3.80. The Morgan fingerprint density at radius 1 is 1.19 bits per heavy atom. The maximum atomic E-state index is 12.5. The van der Waals surface area contributed by atoms with Crippen molar-refractivity contribution in [3.05, 3.63) is 59.1 Å². The Labute approximate surface area is 161 Å². The Kier molecular flexibility index (Phi) is 7.29. The van der Waals surface area contributed by atoms with Crippen molar-refractivity contribution < 1.29 is 22.0 Å². The minimum atomic E-state index is -4.65. The predicted molar refractivity (Wildman–Crippen MR) is 101 cm³/mol. The van der Waals surface area contributed by atoms with Crippen LogP contribution in [0.2, 0.25) is 5.02 Å². The highest BCUT2D eigenvalue weighted by Crippen LogP contribution is 2.20. The fraction of sp³-hybridized carbons (Fsp3) is 0.278. The van der Waals surface area contributed by atoms with Gasteiger partial charge in [0.1, 0.15) is 0 Å². The molecule has 9 heteroatoms. The smallest absolute Gasteiger partial charge is 0.325 e. The lowest BCUT2D eigenvalue weighted by Gasteiger charge is -2.20. The van der Waals surface area contributed by atoms with Crippen LogP contribution in [0.1, 0.15) is 12.5 Å². The highest BCUT2D eigenvalue weighted by atomic mass is 35.5. The van der Waals surface area contributed by atoms with Gasteiger partial charge in [-0.3, -0.25) is 9.69 Å². The molecule has 1 amide bonds. The summed E-state index contributed by atoms with van der Waals surface area (Å²) >= 11 is 5.96. The number of likely N-dealkylation sites (N-methyl/N-ethyl adjacent to an activating group) is 1. The molecule has 27 heavy (non-hydrogen) atoms. The fourth-order valence-electron chi connectivity index (χ4n) is 2.41. The molecule has 2 aromatic carbocycles. The zero-order valence-corrected chi connectivity index (χ0v) is 16.1.